The molecule has 1 amide bonds. The average molecular weight is 328 g/mol. The number of aromatic nitrogens is 1. The molecule has 0 unspecified atom stereocenters. The zero-order valence-corrected chi connectivity index (χ0v) is 13.4. The third kappa shape index (κ3) is 4.04. The second kappa shape index (κ2) is 7.19. The van der Waals surface area contributed by atoms with Crippen LogP contribution >= 0.6 is 11.8 Å². The van der Waals surface area contributed by atoms with Crippen LogP contribution in [-0.2, 0) is 11.3 Å². The highest BCUT2D eigenvalue weighted by atomic mass is 32.2. The number of para-hydroxylation sites is 2. The topological polar surface area (TPSA) is 64.4 Å². The summed E-state index contributed by atoms with van der Waals surface area (Å²) < 4.78 is 10.7. The van der Waals surface area contributed by atoms with Gasteiger partial charge in [-0.15, -0.1) is 0 Å². The summed E-state index contributed by atoms with van der Waals surface area (Å²) in [5, 5.41) is 3.38. The highest BCUT2D eigenvalue weighted by Gasteiger charge is 2.08. The predicted molar refractivity (Wildman–Crippen MR) is 89.6 cm³/mol. The number of carbonyl (C=O) groups excluding carboxylic acids is 1. The highest BCUT2D eigenvalue weighted by molar-refractivity contribution is 7.99. The molecule has 3 rings (SSSR count). The third-order valence-electron chi connectivity index (χ3n) is 3.25. The van der Waals surface area contributed by atoms with Gasteiger partial charge >= 0.3 is 0 Å². The number of thioether (sulfide) groups is 1. The summed E-state index contributed by atoms with van der Waals surface area (Å²) in [7, 11) is 1.63. The van der Waals surface area contributed by atoms with E-state index in [1.165, 1.54) is 11.8 Å². The van der Waals surface area contributed by atoms with Crippen LogP contribution in [0.1, 0.15) is 5.56 Å². The van der Waals surface area contributed by atoms with Gasteiger partial charge in [0.15, 0.2) is 5.58 Å². The Balaban J connectivity index is 1.49. The van der Waals surface area contributed by atoms with Gasteiger partial charge in [0.1, 0.15) is 11.3 Å². The standard InChI is InChI=1S/C17H16N2O3S/c1-21-13-8-6-12(7-9-13)10-18-16(20)11-23-17-19-14-4-2-3-5-15(14)22-17/h2-9H,10-11H2,1H3,(H,18,20). The Labute approximate surface area is 138 Å². The number of amides is 1. The Morgan fingerprint density at radius 3 is 2.74 bits per heavy atom. The molecule has 0 atom stereocenters. The molecule has 118 valence electrons. The van der Waals surface area contributed by atoms with Gasteiger partial charge in [-0.2, -0.15) is 0 Å². The summed E-state index contributed by atoms with van der Waals surface area (Å²) in [4.78, 5) is 16.2. The van der Waals surface area contributed by atoms with Crippen molar-refractivity contribution in [2.75, 3.05) is 12.9 Å². The van der Waals surface area contributed by atoms with Crippen LogP contribution in [-0.4, -0.2) is 23.8 Å². The van der Waals surface area contributed by atoms with Crippen molar-refractivity contribution in [3.05, 3.63) is 54.1 Å². The number of nitrogens with zero attached hydrogens (tertiary/aromatic N) is 1. The van der Waals surface area contributed by atoms with Gasteiger partial charge in [-0.25, -0.2) is 4.98 Å². The van der Waals surface area contributed by atoms with E-state index in [2.05, 4.69) is 10.3 Å². The number of fused-ring (bicyclic) bond motifs is 1. The molecule has 1 N–H and O–H groups in total. The molecular formula is C17H16N2O3S. The Morgan fingerprint density at radius 1 is 1.22 bits per heavy atom. The predicted octanol–water partition coefficient (Wildman–Crippen LogP) is 3.24. The van der Waals surface area contributed by atoms with E-state index < -0.39 is 0 Å². The molecule has 6 heteroatoms. The van der Waals surface area contributed by atoms with Crippen molar-refractivity contribution < 1.29 is 13.9 Å². The second-order valence-electron chi connectivity index (χ2n) is 4.86. The van der Waals surface area contributed by atoms with E-state index in [0.717, 1.165) is 22.4 Å². The molecule has 5 nitrogen and oxygen atoms in total. The summed E-state index contributed by atoms with van der Waals surface area (Å²) in [6.45, 7) is 0.483. The normalized spacial score (nSPS) is 10.7. The number of hydrogen-bond donors (Lipinski definition) is 1. The molecule has 0 fully saturated rings. The maximum Gasteiger partial charge on any atom is 0.257 e. The maximum atomic E-state index is 11.9. The van der Waals surface area contributed by atoms with Crippen LogP contribution in [0.4, 0.5) is 0 Å². The van der Waals surface area contributed by atoms with E-state index in [-0.39, 0.29) is 11.7 Å². The van der Waals surface area contributed by atoms with Crippen LogP contribution in [0, 0.1) is 0 Å². The Bertz CT molecular complexity index is 766. The van der Waals surface area contributed by atoms with Gasteiger partial charge in [0.05, 0.1) is 12.9 Å². The smallest absolute Gasteiger partial charge is 0.257 e. The minimum Gasteiger partial charge on any atom is -0.497 e. The van der Waals surface area contributed by atoms with Crippen molar-refractivity contribution >= 4 is 28.8 Å². The number of hydrogen-bond acceptors (Lipinski definition) is 5. The lowest BCUT2D eigenvalue weighted by atomic mass is 10.2. The lowest BCUT2D eigenvalue weighted by Gasteiger charge is -2.05. The molecule has 0 aliphatic heterocycles. The molecule has 1 heterocycles. The SMILES string of the molecule is COc1ccc(CNC(=O)CSc2nc3ccccc3o2)cc1. The van der Waals surface area contributed by atoms with Crippen molar-refractivity contribution in [3.63, 3.8) is 0 Å². The van der Waals surface area contributed by atoms with Gasteiger partial charge in [0.2, 0.25) is 5.91 Å². The number of oxazole rings is 1. The molecule has 0 saturated carbocycles. The molecule has 0 aliphatic carbocycles. The van der Waals surface area contributed by atoms with Crippen molar-refractivity contribution in [3.8, 4) is 5.75 Å². The second-order valence-corrected chi connectivity index (χ2v) is 5.79. The Hall–Kier alpha value is -2.47. The summed E-state index contributed by atoms with van der Waals surface area (Å²) in [5.74, 6) is 1.00. The molecule has 0 saturated heterocycles. The molecule has 23 heavy (non-hydrogen) atoms. The summed E-state index contributed by atoms with van der Waals surface area (Å²) in [6.07, 6.45) is 0. The van der Waals surface area contributed by atoms with Crippen LogP contribution in [0.5, 0.6) is 5.75 Å². The lowest BCUT2D eigenvalue weighted by Crippen LogP contribution is -2.24. The largest absolute Gasteiger partial charge is 0.497 e. The maximum absolute atomic E-state index is 11.9. The fourth-order valence-electron chi connectivity index (χ4n) is 2.04. The fraction of sp³-hybridized carbons (Fsp3) is 0.176. The van der Waals surface area contributed by atoms with Gasteiger partial charge in [-0.1, -0.05) is 36.0 Å². The van der Waals surface area contributed by atoms with Gasteiger partial charge < -0.3 is 14.5 Å². The monoisotopic (exact) mass is 328 g/mol. The van der Waals surface area contributed by atoms with Crippen LogP contribution in [0.15, 0.2) is 58.2 Å². The first kappa shape index (κ1) is 15.4. The minimum atomic E-state index is -0.0620. The van der Waals surface area contributed by atoms with Gasteiger partial charge in [0, 0.05) is 6.54 Å². The Kier molecular flexibility index (Phi) is 4.83. The first-order valence-electron chi connectivity index (χ1n) is 7.12. The zero-order valence-electron chi connectivity index (χ0n) is 12.6. The molecule has 1 aromatic heterocycles. The summed E-state index contributed by atoms with van der Waals surface area (Å²) in [6, 6.07) is 15.1. The third-order valence-corrected chi connectivity index (χ3v) is 4.08. The van der Waals surface area contributed by atoms with E-state index in [1.54, 1.807) is 7.11 Å². The van der Waals surface area contributed by atoms with E-state index in [9.17, 15) is 4.79 Å². The summed E-state index contributed by atoms with van der Waals surface area (Å²) >= 11 is 1.29. The minimum absolute atomic E-state index is 0.0620. The molecule has 0 radical (unpaired) electrons. The number of ether oxygens (including phenoxy) is 1. The van der Waals surface area contributed by atoms with Crippen LogP contribution in [0.3, 0.4) is 0 Å². The van der Waals surface area contributed by atoms with E-state index in [4.69, 9.17) is 9.15 Å². The molecular weight excluding hydrogens is 312 g/mol. The number of methoxy groups -OCH3 is 1. The van der Waals surface area contributed by atoms with E-state index >= 15 is 0 Å². The van der Waals surface area contributed by atoms with Gasteiger partial charge in [-0.05, 0) is 29.8 Å². The first-order chi connectivity index (χ1) is 11.2. The summed E-state index contributed by atoms with van der Waals surface area (Å²) in [5.41, 5.74) is 2.55. The average Bonchev–Trinajstić information content (AvgIpc) is 3.01. The number of carbonyl (C=O) groups is 1. The van der Waals surface area contributed by atoms with Crippen molar-refractivity contribution in [1.82, 2.24) is 10.3 Å². The number of rotatable bonds is 6. The fourth-order valence-corrected chi connectivity index (χ4v) is 2.70. The van der Waals surface area contributed by atoms with Crippen molar-refractivity contribution in [2.24, 2.45) is 0 Å². The van der Waals surface area contributed by atoms with Crippen LogP contribution < -0.4 is 10.1 Å². The Morgan fingerprint density at radius 2 is 2.00 bits per heavy atom. The number of benzene rings is 2. The van der Waals surface area contributed by atoms with Crippen LogP contribution in [0.25, 0.3) is 11.1 Å². The quantitative estimate of drug-likeness (QED) is 0.704. The molecule has 3 aromatic rings. The van der Waals surface area contributed by atoms with Crippen LogP contribution in [0.2, 0.25) is 0 Å². The first-order valence-corrected chi connectivity index (χ1v) is 8.11. The molecule has 0 aliphatic rings. The number of nitrogens with one attached hydrogen (secondary N) is 1. The molecule has 2 aromatic carbocycles. The van der Waals surface area contributed by atoms with Gasteiger partial charge in [-0.3, -0.25) is 4.79 Å². The van der Waals surface area contributed by atoms with Crippen molar-refractivity contribution in [1.29, 1.82) is 0 Å². The zero-order chi connectivity index (χ0) is 16.1. The molecule has 0 bridgehead atoms. The van der Waals surface area contributed by atoms with Gasteiger partial charge in [0.25, 0.3) is 5.22 Å². The van der Waals surface area contributed by atoms with Crippen molar-refractivity contribution in [2.45, 2.75) is 11.8 Å². The molecule has 0 spiro atoms. The highest BCUT2D eigenvalue weighted by Crippen LogP contribution is 2.22. The van der Waals surface area contributed by atoms with E-state index in [1.807, 2.05) is 48.5 Å². The van der Waals surface area contributed by atoms with E-state index in [0.29, 0.717) is 11.8 Å². The lowest BCUT2D eigenvalue weighted by molar-refractivity contribution is -0.118.